The van der Waals surface area contributed by atoms with Crippen molar-refractivity contribution in [3.05, 3.63) is 59.7 Å². The van der Waals surface area contributed by atoms with Gasteiger partial charge in [0.25, 0.3) is 0 Å². The fourth-order valence-corrected chi connectivity index (χ4v) is 6.59. The number of hydrogen-bond donors (Lipinski definition) is 0. The van der Waals surface area contributed by atoms with Crippen LogP contribution in [-0.2, 0) is 10.8 Å². The maximum atomic E-state index is 13.3. The van der Waals surface area contributed by atoms with Crippen LogP contribution in [0.2, 0.25) is 0 Å². The lowest BCUT2D eigenvalue weighted by molar-refractivity contribution is 0.553. The van der Waals surface area contributed by atoms with E-state index in [0.717, 1.165) is 17.7 Å². The van der Waals surface area contributed by atoms with Gasteiger partial charge in [-0.15, -0.1) is 11.8 Å². The van der Waals surface area contributed by atoms with Gasteiger partial charge in [0.2, 0.25) is 0 Å². The Hall–Kier alpha value is -1.06. The molecule has 0 fully saturated rings. The molecule has 0 bridgehead atoms. The van der Waals surface area contributed by atoms with Crippen LogP contribution in [-0.4, -0.2) is 8.79 Å². The Bertz CT molecular complexity index is 722. The molecule has 0 aliphatic heterocycles. The van der Waals surface area contributed by atoms with Crippen LogP contribution in [0, 0.1) is 13.8 Å². The summed E-state index contributed by atoms with van der Waals surface area (Å²) in [6.45, 7) is 6.46. The molecular weight excluding hydrogens is 404 g/mol. The van der Waals surface area contributed by atoms with Gasteiger partial charge in [0.1, 0.15) is 0 Å². The van der Waals surface area contributed by atoms with Crippen molar-refractivity contribution in [2.24, 2.45) is 0 Å². The third-order valence-corrected chi connectivity index (χ3v) is 8.88. The van der Waals surface area contributed by atoms with Crippen molar-refractivity contribution in [2.45, 2.75) is 106 Å². The zero-order valence-electron chi connectivity index (χ0n) is 19.2. The van der Waals surface area contributed by atoms with Crippen LogP contribution in [0.5, 0.6) is 0 Å². The lowest BCUT2D eigenvalue weighted by Gasteiger charge is -2.17. The summed E-state index contributed by atoms with van der Waals surface area (Å²) in [7, 11) is -0.986. The first-order valence-electron chi connectivity index (χ1n) is 11.8. The summed E-state index contributed by atoms with van der Waals surface area (Å²) in [4.78, 5) is 2.18. The summed E-state index contributed by atoms with van der Waals surface area (Å²) in [5.74, 6) is 0. The quantitative estimate of drug-likeness (QED) is 0.201. The predicted octanol–water partition coefficient (Wildman–Crippen LogP) is 8.84. The monoisotopic (exact) mass is 444 g/mol. The minimum absolute atomic E-state index is 0.115. The highest BCUT2D eigenvalue weighted by Gasteiger charge is 2.19. The van der Waals surface area contributed by atoms with Gasteiger partial charge in [-0.3, -0.25) is 4.21 Å². The molecule has 0 aromatic heterocycles. The second-order valence-electron chi connectivity index (χ2n) is 8.44. The molecule has 30 heavy (non-hydrogen) atoms. The average Bonchev–Trinajstić information content (AvgIpc) is 2.75. The van der Waals surface area contributed by atoms with E-state index in [9.17, 15) is 4.21 Å². The molecule has 1 nitrogen and oxygen atoms in total. The minimum Gasteiger partial charge on any atom is -0.253 e. The van der Waals surface area contributed by atoms with Gasteiger partial charge in [-0.2, -0.15) is 0 Å². The van der Waals surface area contributed by atoms with Crippen LogP contribution < -0.4 is 0 Å². The van der Waals surface area contributed by atoms with E-state index in [1.54, 1.807) is 11.8 Å². The molecule has 2 unspecified atom stereocenters. The topological polar surface area (TPSA) is 17.1 Å². The summed E-state index contributed by atoms with van der Waals surface area (Å²) in [6.07, 6.45) is 14.4. The van der Waals surface area contributed by atoms with Gasteiger partial charge in [-0.1, -0.05) is 107 Å². The smallest absolute Gasteiger partial charge is 0.0895 e. The molecule has 0 aliphatic carbocycles. The molecule has 0 N–H and O–H groups in total. The molecule has 3 heteroatoms. The van der Waals surface area contributed by atoms with Crippen molar-refractivity contribution in [2.75, 3.05) is 0 Å². The summed E-state index contributed by atoms with van der Waals surface area (Å²) >= 11 is 1.78. The Kier molecular flexibility index (Phi) is 12.5. The number of aryl methyl sites for hydroxylation is 2. The number of hydrogen-bond acceptors (Lipinski definition) is 2. The molecule has 2 aromatic carbocycles. The highest BCUT2D eigenvalue weighted by Crippen LogP contribution is 2.32. The number of thioether (sulfide) groups is 1. The molecule has 2 atom stereocenters. The number of rotatable bonds is 15. The molecule has 166 valence electrons. The third-order valence-electron chi connectivity index (χ3n) is 5.57. The van der Waals surface area contributed by atoms with Gasteiger partial charge < -0.3 is 0 Å². The molecule has 2 rings (SSSR count). The molecule has 2 aromatic rings. The SMILES string of the molecule is CCCCCCCCCCCCC(Sc1ccc(C)cc1)S(=O)c1ccc(C)cc1. The fourth-order valence-electron chi connectivity index (χ4n) is 3.60. The third kappa shape index (κ3) is 9.83. The summed E-state index contributed by atoms with van der Waals surface area (Å²) in [5.41, 5.74) is 2.48. The zero-order chi connectivity index (χ0) is 21.6. The maximum Gasteiger partial charge on any atom is 0.0895 e. The highest BCUT2D eigenvalue weighted by atomic mass is 32.2. The van der Waals surface area contributed by atoms with Crippen molar-refractivity contribution < 1.29 is 4.21 Å². The first-order valence-corrected chi connectivity index (χ1v) is 13.9. The standard InChI is InChI=1S/C27H40OS2/c1-4-5-6-7-8-9-10-11-12-13-14-27(29-25-19-15-23(2)16-20-25)30(28)26-21-17-24(3)18-22-26/h15-22,27H,4-14H2,1-3H3. The molecular formula is C27H40OS2. The van der Waals surface area contributed by atoms with Crippen LogP contribution in [0.4, 0.5) is 0 Å². The van der Waals surface area contributed by atoms with E-state index < -0.39 is 10.8 Å². The number of benzene rings is 2. The van der Waals surface area contributed by atoms with Gasteiger partial charge in [0, 0.05) is 9.79 Å². The second kappa shape index (κ2) is 14.9. The van der Waals surface area contributed by atoms with Crippen molar-refractivity contribution in [1.82, 2.24) is 0 Å². The van der Waals surface area contributed by atoms with E-state index in [2.05, 4.69) is 57.2 Å². The van der Waals surface area contributed by atoms with E-state index in [-0.39, 0.29) is 4.58 Å². The Morgan fingerprint density at radius 1 is 0.700 bits per heavy atom. The first-order chi connectivity index (χ1) is 14.6. The molecule has 0 spiro atoms. The minimum atomic E-state index is -0.986. The highest BCUT2D eigenvalue weighted by molar-refractivity contribution is 8.11. The molecule has 0 heterocycles. The second-order valence-corrected chi connectivity index (χ2v) is 11.7. The van der Waals surface area contributed by atoms with E-state index in [0.29, 0.717) is 0 Å². The van der Waals surface area contributed by atoms with Crippen LogP contribution in [0.15, 0.2) is 58.3 Å². The molecule has 0 saturated carbocycles. The molecule has 0 saturated heterocycles. The van der Waals surface area contributed by atoms with E-state index in [1.807, 2.05) is 12.1 Å². The lowest BCUT2D eigenvalue weighted by atomic mass is 10.1. The molecule has 0 aliphatic rings. The van der Waals surface area contributed by atoms with Crippen molar-refractivity contribution in [3.8, 4) is 0 Å². The van der Waals surface area contributed by atoms with E-state index in [1.165, 1.54) is 73.8 Å². The van der Waals surface area contributed by atoms with Crippen molar-refractivity contribution in [3.63, 3.8) is 0 Å². The first kappa shape index (κ1) is 25.2. The van der Waals surface area contributed by atoms with Gasteiger partial charge in [-0.25, -0.2) is 0 Å². The Morgan fingerprint density at radius 3 is 1.70 bits per heavy atom. The van der Waals surface area contributed by atoms with Crippen molar-refractivity contribution >= 4 is 22.6 Å². The lowest BCUT2D eigenvalue weighted by Crippen LogP contribution is -2.11. The molecule has 0 radical (unpaired) electrons. The Morgan fingerprint density at radius 2 is 1.17 bits per heavy atom. The maximum absolute atomic E-state index is 13.3. The van der Waals surface area contributed by atoms with Crippen LogP contribution in [0.1, 0.15) is 88.7 Å². The van der Waals surface area contributed by atoms with Crippen LogP contribution >= 0.6 is 11.8 Å². The fraction of sp³-hybridized carbons (Fsp3) is 0.556. The summed E-state index contributed by atoms with van der Waals surface area (Å²) in [6, 6.07) is 16.8. The van der Waals surface area contributed by atoms with Crippen molar-refractivity contribution in [1.29, 1.82) is 0 Å². The van der Waals surface area contributed by atoms with Gasteiger partial charge in [0.05, 0.1) is 15.4 Å². The summed E-state index contributed by atoms with van der Waals surface area (Å²) < 4.78 is 13.4. The van der Waals surface area contributed by atoms with Crippen LogP contribution in [0.25, 0.3) is 0 Å². The number of unbranched alkanes of at least 4 members (excludes halogenated alkanes) is 9. The van der Waals surface area contributed by atoms with Gasteiger partial charge >= 0.3 is 0 Å². The molecule has 0 amide bonds. The largest absolute Gasteiger partial charge is 0.253 e. The summed E-state index contributed by atoms with van der Waals surface area (Å²) in [5, 5.41) is 0. The Labute approximate surface area is 191 Å². The van der Waals surface area contributed by atoms with Gasteiger partial charge in [-0.05, 0) is 44.5 Å². The normalized spacial score (nSPS) is 13.3. The Balaban J connectivity index is 1.81. The van der Waals surface area contributed by atoms with Crippen LogP contribution in [0.3, 0.4) is 0 Å². The van der Waals surface area contributed by atoms with Gasteiger partial charge in [0.15, 0.2) is 0 Å². The predicted molar refractivity (Wildman–Crippen MR) is 135 cm³/mol. The van der Waals surface area contributed by atoms with E-state index in [4.69, 9.17) is 0 Å². The van der Waals surface area contributed by atoms with E-state index >= 15 is 0 Å². The zero-order valence-corrected chi connectivity index (χ0v) is 20.8. The average molecular weight is 445 g/mol.